The number of carbonyl (C=O) groups excluding carboxylic acids is 1. The van der Waals surface area contributed by atoms with Gasteiger partial charge in [-0.15, -0.1) is 0 Å². The van der Waals surface area contributed by atoms with Crippen LogP contribution in [0.1, 0.15) is 35.7 Å². The predicted octanol–water partition coefficient (Wildman–Crippen LogP) is 3.04. The number of H-pyrrole nitrogens is 1. The molecule has 7 nitrogen and oxygen atoms in total. The van der Waals surface area contributed by atoms with Gasteiger partial charge in [0.2, 0.25) is 0 Å². The monoisotopic (exact) mass is 428 g/mol. The van der Waals surface area contributed by atoms with Crippen LogP contribution >= 0.6 is 0 Å². The van der Waals surface area contributed by atoms with Crippen molar-refractivity contribution < 1.29 is 13.6 Å². The van der Waals surface area contributed by atoms with Gasteiger partial charge in [0.1, 0.15) is 23.0 Å². The molecule has 0 spiro atoms. The topological polar surface area (TPSA) is 101 Å². The van der Waals surface area contributed by atoms with E-state index in [1.165, 1.54) is 0 Å². The van der Waals surface area contributed by atoms with Gasteiger partial charge in [-0.3, -0.25) is 24.0 Å². The highest BCUT2D eigenvalue weighted by atomic mass is 19.1. The number of nitrogens with zero attached hydrogens (tertiary/aromatic N) is 2. The minimum Gasteiger partial charge on any atom is -0.383 e. The molecule has 1 aromatic heterocycles. The van der Waals surface area contributed by atoms with Gasteiger partial charge in [-0.25, -0.2) is 13.6 Å². The number of aromatic amines is 1. The van der Waals surface area contributed by atoms with Crippen molar-refractivity contribution in [2.45, 2.75) is 32.9 Å². The molecule has 1 heterocycles. The van der Waals surface area contributed by atoms with Crippen molar-refractivity contribution in [3.05, 3.63) is 92.1 Å². The molecule has 0 atom stereocenters. The van der Waals surface area contributed by atoms with Crippen molar-refractivity contribution in [3.8, 4) is 0 Å². The fourth-order valence-electron chi connectivity index (χ4n) is 3.23. The number of aromatic nitrogens is 2. The molecule has 0 fully saturated rings. The third-order valence-electron chi connectivity index (χ3n) is 4.82. The van der Waals surface area contributed by atoms with Crippen LogP contribution in [0.4, 0.5) is 20.3 Å². The number of anilines is 2. The maximum absolute atomic E-state index is 14.4. The van der Waals surface area contributed by atoms with E-state index in [1.807, 2.05) is 6.92 Å². The molecular weight excluding hydrogens is 406 g/mol. The Balaban J connectivity index is 2.21. The lowest BCUT2D eigenvalue weighted by Crippen LogP contribution is -2.41. The first-order chi connectivity index (χ1) is 14.8. The highest BCUT2D eigenvalue weighted by Gasteiger charge is 2.29. The fourth-order valence-corrected chi connectivity index (χ4v) is 3.23. The van der Waals surface area contributed by atoms with E-state index in [1.54, 1.807) is 30.3 Å². The smallest absolute Gasteiger partial charge is 0.330 e. The maximum atomic E-state index is 14.4. The summed E-state index contributed by atoms with van der Waals surface area (Å²) < 4.78 is 29.9. The minimum absolute atomic E-state index is 0.188. The molecule has 3 rings (SSSR count). The molecule has 3 aromatic rings. The van der Waals surface area contributed by atoms with Crippen molar-refractivity contribution in [1.82, 2.24) is 9.55 Å². The van der Waals surface area contributed by atoms with Crippen molar-refractivity contribution in [1.29, 1.82) is 0 Å². The Bertz CT molecular complexity index is 1190. The van der Waals surface area contributed by atoms with Crippen molar-refractivity contribution in [2.24, 2.45) is 0 Å². The standard InChI is InChI=1S/C22H22F2N4O3/c1-2-3-12-27-19(25)18(20(29)26-22(27)31)28(13-14-8-5-4-6-9-14)21(30)17-15(23)10-7-11-16(17)24/h4-11H,2-3,12-13,25H2,1H3,(H,26,29,31). The molecule has 1 amide bonds. The van der Waals surface area contributed by atoms with Gasteiger partial charge in [-0.1, -0.05) is 49.7 Å². The zero-order valence-corrected chi connectivity index (χ0v) is 16.9. The highest BCUT2D eigenvalue weighted by Crippen LogP contribution is 2.24. The van der Waals surface area contributed by atoms with Gasteiger partial charge in [0, 0.05) is 6.54 Å². The zero-order valence-electron chi connectivity index (χ0n) is 16.9. The van der Waals surface area contributed by atoms with Crippen LogP contribution < -0.4 is 21.9 Å². The van der Waals surface area contributed by atoms with Gasteiger partial charge in [0.25, 0.3) is 11.5 Å². The Morgan fingerprint density at radius 2 is 1.71 bits per heavy atom. The Kier molecular flexibility index (Phi) is 6.64. The first-order valence-corrected chi connectivity index (χ1v) is 9.77. The third-order valence-corrected chi connectivity index (χ3v) is 4.82. The lowest BCUT2D eigenvalue weighted by Gasteiger charge is -2.25. The second-order valence-electron chi connectivity index (χ2n) is 6.97. The molecule has 31 heavy (non-hydrogen) atoms. The van der Waals surface area contributed by atoms with E-state index in [0.29, 0.717) is 12.0 Å². The van der Waals surface area contributed by atoms with Crippen LogP contribution in [0.3, 0.4) is 0 Å². The molecule has 0 radical (unpaired) electrons. The second kappa shape index (κ2) is 9.38. The lowest BCUT2D eigenvalue weighted by atomic mass is 10.1. The van der Waals surface area contributed by atoms with Crippen LogP contribution in [0, 0.1) is 11.6 Å². The maximum Gasteiger partial charge on any atom is 0.330 e. The Hall–Kier alpha value is -3.75. The molecule has 0 saturated heterocycles. The van der Waals surface area contributed by atoms with Crippen LogP contribution in [0.5, 0.6) is 0 Å². The van der Waals surface area contributed by atoms with Gasteiger partial charge in [-0.2, -0.15) is 0 Å². The molecule has 3 N–H and O–H groups in total. The zero-order chi connectivity index (χ0) is 22.5. The number of benzene rings is 2. The summed E-state index contributed by atoms with van der Waals surface area (Å²) in [5.41, 5.74) is 3.93. The Labute approximate surface area is 176 Å². The van der Waals surface area contributed by atoms with E-state index in [-0.39, 0.29) is 24.6 Å². The number of rotatable bonds is 7. The third kappa shape index (κ3) is 4.55. The van der Waals surface area contributed by atoms with Gasteiger partial charge >= 0.3 is 5.69 Å². The molecule has 0 saturated carbocycles. The highest BCUT2D eigenvalue weighted by molar-refractivity contribution is 6.07. The molecule has 0 bridgehead atoms. The number of nitrogens with two attached hydrogens (primary N) is 1. The van der Waals surface area contributed by atoms with Crippen LogP contribution in [0.15, 0.2) is 58.1 Å². The SMILES string of the molecule is CCCCn1c(N)c(N(Cc2ccccc2)C(=O)c2c(F)cccc2F)c(=O)[nH]c1=O. The first kappa shape index (κ1) is 21.9. The molecule has 162 valence electrons. The number of hydrogen-bond donors (Lipinski definition) is 2. The summed E-state index contributed by atoms with van der Waals surface area (Å²) in [5.74, 6) is -3.48. The molecule has 9 heteroatoms. The van der Waals surface area contributed by atoms with Crippen LogP contribution in [-0.2, 0) is 13.1 Å². The number of nitrogen functional groups attached to an aromatic ring is 1. The Morgan fingerprint density at radius 1 is 1.06 bits per heavy atom. The molecule has 0 aliphatic rings. The summed E-state index contributed by atoms with van der Waals surface area (Å²) in [6.45, 7) is 1.94. The number of amides is 1. The molecule has 0 unspecified atom stereocenters. The van der Waals surface area contributed by atoms with Gasteiger partial charge in [0.05, 0.1) is 6.54 Å². The lowest BCUT2D eigenvalue weighted by molar-refractivity contribution is 0.0976. The number of halogens is 2. The predicted molar refractivity (Wildman–Crippen MR) is 114 cm³/mol. The van der Waals surface area contributed by atoms with Crippen molar-refractivity contribution >= 4 is 17.4 Å². The fraction of sp³-hybridized carbons (Fsp3) is 0.227. The quantitative estimate of drug-likeness (QED) is 0.604. The van der Waals surface area contributed by atoms with E-state index in [9.17, 15) is 23.2 Å². The average Bonchev–Trinajstić information content (AvgIpc) is 2.73. The van der Waals surface area contributed by atoms with Gasteiger partial charge < -0.3 is 5.73 Å². The van der Waals surface area contributed by atoms with Gasteiger partial charge in [0.15, 0.2) is 5.69 Å². The first-order valence-electron chi connectivity index (χ1n) is 9.77. The summed E-state index contributed by atoms with van der Waals surface area (Å²) in [6, 6.07) is 11.6. The normalized spacial score (nSPS) is 10.8. The van der Waals surface area contributed by atoms with Crippen LogP contribution in [0.25, 0.3) is 0 Å². The Morgan fingerprint density at radius 3 is 2.32 bits per heavy atom. The number of carbonyl (C=O) groups is 1. The number of nitrogens with one attached hydrogen (secondary N) is 1. The largest absolute Gasteiger partial charge is 0.383 e. The average molecular weight is 428 g/mol. The van der Waals surface area contributed by atoms with E-state index in [0.717, 1.165) is 34.1 Å². The van der Waals surface area contributed by atoms with Crippen LogP contribution in [0.2, 0.25) is 0 Å². The summed E-state index contributed by atoms with van der Waals surface area (Å²) in [4.78, 5) is 41.2. The second-order valence-corrected chi connectivity index (χ2v) is 6.97. The molecule has 0 aliphatic carbocycles. The summed E-state index contributed by atoms with van der Waals surface area (Å²) in [6.07, 6.45) is 1.36. The van der Waals surface area contributed by atoms with Crippen molar-refractivity contribution in [3.63, 3.8) is 0 Å². The van der Waals surface area contributed by atoms with E-state index in [4.69, 9.17) is 5.73 Å². The number of hydrogen-bond acceptors (Lipinski definition) is 4. The summed E-state index contributed by atoms with van der Waals surface area (Å²) in [5, 5.41) is 0. The van der Waals surface area contributed by atoms with Crippen molar-refractivity contribution in [2.75, 3.05) is 10.6 Å². The van der Waals surface area contributed by atoms with Gasteiger partial charge in [-0.05, 0) is 24.1 Å². The summed E-state index contributed by atoms with van der Waals surface area (Å²) >= 11 is 0. The summed E-state index contributed by atoms with van der Waals surface area (Å²) in [7, 11) is 0. The number of unbranched alkanes of at least 4 members (excludes halogenated alkanes) is 1. The minimum atomic E-state index is -1.09. The molecular formula is C22H22F2N4O3. The van der Waals surface area contributed by atoms with E-state index >= 15 is 0 Å². The molecule has 2 aromatic carbocycles. The van der Waals surface area contributed by atoms with E-state index in [2.05, 4.69) is 4.98 Å². The molecule has 0 aliphatic heterocycles. The van der Waals surface area contributed by atoms with E-state index < -0.39 is 34.4 Å². The van der Waals surface area contributed by atoms with Crippen LogP contribution in [-0.4, -0.2) is 15.5 Å².